The number of imidazole rings is 1. The summed E-state index contributed by atoms with van der Waals surface area (Å²) in [4.78, 5) is 43.1. The van der Waals surface area contributed by atoms with E-state index in [1.165, 1.54) is 17.7 Å². The molecule has 5 aromatic rings. The van der Waals surface area contributed by atoms with Crippen LogP contribution < -0.4 is 5.32 Å². The van der Waals surface area contributed by atoms with Crippen LogP contribution in [0.15, 0.2) is 72.8 Å². The third-order valence-electron chi connectivity index (χ3n) is 7.01. The van der Waals surface area contributed by atoms with Crippen LogP contribution in [0, 0.1) is 0 Å². The summed E-state index contributed by atoms with van der Waals surface area (Å²) in [6.07, 6.45) is -0.777. The average Bonchev–Trinajstić information content (AvgIpc) is 3.36. The fourth-order valence-electron chi connectivity index (χ4n) is 4.80. The van der Waals surface area contributed by atoms with Gasteiger partial charge in [-0.3, -0.25) is 9.59 Å². The van der Waals surface area contributed by atoms with Gasteiger partial charge in [0.25, 0.3) is 5.91 Å². The summed E-state index contributed by atoms with van der Waals surface area (Å²) in [5.41, 5.74) is 5.49. The number of hydrogen-bond donors (Lipinski definition) is 5. The molecule has 4 aromatic carbocycles. The normalized spacial score (nSPS) is 12.4. The number of rotatable bonds is 7. The maximum absolute atomic E-state index is 12.7. The molecule has 9 heteroatoms. The maximum Gasteiger partial charge on any atom is 0.326 e. The van der Waals surface area contributed by atoms with Gasteiger partial charge in [-0.05, 0) is 51.8 Å². The zero-order valence-corrected chi connectivity index (χ0v) is 22.7. The maximum atomic E-state index is 12.7. The van der Waals surface area contributed by atoms with Crippen LogP contribution in [0.5, 0.6) is 5.75 Å². The molecular weight excluding hydrogens is 522 g/mol. The second-order valence-corrected chi connectivity index (χ2v) is 11.0. The number of carbonyl (C=O) groups excluding carboxylic acids is 1. The number of hydrogen-bond acceptors (Lipinski definition) is 5. The van der Waals surface area contributed by atoms with E-state index in [1.54, 1.807) is 12.1 Å². The number of phenols is 1. The second-order valence-electron chi connectivity index (χ2n) is 11.0. The SMILES string of the molecule is CC(C)(C)c1ccc(-c2cccc(-c3nc4c(ccc5cc(C(=O)N[C@@H](CC(=O)O)C(=O)O)cc(O)c54)[nH]3)c2)cc1. The first-order chi connectivity index (χ1) is 19.4. The van der Waals surface area contributed by atoms with Gasteiger partial charge in [0, 0.05) is 11.1 Å². The Kier molecular flexibility index (Phi) is 6.96. The van der Waals surface area contributed by atoms with E-state index in [2.05, 4.69) is 55.3 Å². The summed E-state index contributed by atoms with van der Waals surface area (Å²) in [6.45, 7) is 6.54. The molecule has 0 unspecified atom stereocenters. The number of carboxylic acid groups (broad SMARTS) is 2. The molecule has 0 fully saturated rings. The molecule has 5 N–H and O–H groups in total. The first-order valence-corrected chi connectivity index (χ1v) is 13.0. The van der Waals surface area contributed by atoms with Gasteiger partial charge in [0.1, 0.15) is 23.1 Å². The van der Waals surface area contributed by atoms with Crippen molar-refractivity contribution in [2.75, 3.05) is 0 Å². The van der Waals surface area contributed by atoms with E-state index >= 15 is 0 Å². The number of phenolic OH excluding ortho intramolecular Hbond substituents is 1. The van der Waals surface area contributed by atoms with E-state index in [4.69, 9.17) is 10.1 Å². The first kappa shape index (κ1) is 27.4. The fourth-order valence-corrected chi connectivity index (χ4v) is 4.80. The van der Waals surface area contributed by atoms with Crippen LogP contribution in [-0.2, 0) is 15.0 Å². The first-order valence-electron chi connectivity index (χ1n) is 13.0. The molecule has 1 aromatic heterocycles. The van der Waals surface area contributed by atoms with Gasteiger partial charge in [0.2, 0.25) is 0 Å². The van der Waals surface area contributed by atoms with Crippen molar-refractivity contribution in [1.82, 2.24) is 15.3 Å². The molecule has 0 saturated heterocycles. The van der Waals surface area contributed by atoms with Crippen molar-refractivity contribution in [3.63, 3.8) is 0 Å². The number of nitrogens with zero attached hydrogens (tertiary/aromatic N) is 1. The van der Waals surface area contributed by atoms with Gasteiger partial charge >= 0.3 is 11.9 Å². The predicted octanol–water partition coefficient (Wildman–Crippen LogP) is 5.71. The average molecular weight is 552 g/mol. The highest BCUT2D eigenvalue weighted by atomic mass is 16.4. The van der Waals surface area contributed by atoms with Crippen molar-refractivity contribution in [2.45, 2.75) is 38.6 Å². The minimum atomic E-state index is -1.61. The number of nitrogens with one attached hydrogen (secondary N) is 2. The molecule has 1 heterocycles. The van der Waals surface area contributed by atoms with Crippen molar-refractivity contribution < 1.29 is 29.7 Å². The van der Waals surface area contributed by atoms with Crippen molar-refractivity contribution >= 4 is 39.7 Å². The molecule has 9 nitrogen and oxygen atoms in total. The predicted molar refractivity (Wildman–Crippen MR) is 156 cm³/mol. The van der Waals surface area contributed by atoms with Gasteiger partial charge in [0.05, 0.1) is 17.3 Å². The Morgan fingerprint density at radius 3 is 2.27 bits per heavy atom. The van der Waals surface area contributed by atoms with Gasteiger partial charge in [-0.2, -0.15) is 0 Å². The summed E-state index contributed by atoms with van der Waals surface area (Å²) < 4.78 is 0. The smallest absolute Gasteiger partial charge is 0.326 e. The van der Waals surface area contributed by atoms with Gasteiger partial charge in [0.15, 0.2) is 0 Å². The van der Waals surface area contributed by atoms with Gasteiger partial charge < -0.3 is 25.6 Å². The summed E-state index contributed by atoms with van der Waals surface area (Å²) in [5, 5.41) is 32.2. The minimum Gasteiger partial charge on any atom is -0.507 e. The molecule has 0 aliphatic carbocycles. The van der Waals surface area contributed by atoms with Crippen molar-refractivity contribution in [1.29, 1.82) is 0 Å². The van der Waals surface area contributed by atoms with E-state index in [0.717, 1.165) is 16.7 Å². The standard InChI is InChI=1S/C32H29N3O6/c1-32(2,3)22-10-7-17(8-11-22)18-5-4-6-20(13-18)29-33-23-12-9-19-14-21(15-25(36)27(19)28(23)35-29)30(39)34-24(31(40)41)16-26(37)38/h4-15,24,36H,16H2,1-3H3,(H,33,35)(H,34,39)(H,37,38)(H,40,41)/t24-/m0/s1. The number of aromatic hydroxyl groups is 1. The molecule has 0 bridgehead atoms. The van der Waals surface area contributed by atoms with E-state index in [-0.39, 0.29) is 16.7 Å². The summed E-state index contributed by atoms with van der Waals surface area (Å²) >= 11 is 0. The minimum absolute atomic E-state index is 0.00747. The van der Waals surface area contributed by atoms with Crippen LogP contribution in [0.1, 0.15) is 43.1 Å². The molecule has 0 aliphatic heterocycles. The Labute approximate surface area is 235 Å². The van der Waals surface area contributed by atoms with Crippen molar-refractivity contribution in [2.24, 2.45) is 0 Å². The van der Waals surface area contributed by atoms with Crippen LogP contribution in [0.2, 0.25) is 0 Å². The summed E-state index contributed by atoms with van der Waals surface area (Å²) in [6, 6.07) is 21.1. The number of aromatic nitrogens is 2. The lowest BCUT2D eigenvalue weighted by atomic mass is 9.86. The molecular formula is C32H29N3O6. The lowest BCUT2D eigenvalue weighted by Gasteiger charge is -2.19. The lowest BCUT2D eigenvalue weighted by molar-refractivity contribution is -0.145. The second kappa shape index (κ2) is 10.4. The Hall–Kier alpha value is -5.18. The number of H-pyrrole nitrogens is 1. The fraction of sp³-hybridized carbons (Fsp3) is 0.188. The molecule has 0 radical (unpaired) electrons. The number of aliphatic carboxylic acids is 2. The molecule has 0 spiro atoms. The summed E-state index contributed by atoms with van der Waals surface area (Å²) in [7, 11) is 0. The third kappa shape index (κ3) is 5.60. The lowest BCUT2D eigenvalue weighted by Crippen LogP contribution is -2.42. The number of aromatic amines is 1. The topological polar surface area (TPSA) is 153 Å². The molecule has 1 atom stereocenters. The van der Waals surface area contributed by atoms with E-state index in [0.29, 0.717) is 27.6 Å². The van der Waals surface area contributed by atoms with Crippen molar-refractivity contribution in [3.05, 3.63) is 83.9 Å². The number of amides is 1. The highest BCUT2D eigenvalue weighted by Crippen LogP contribution is 2.35. The molecule has 5 rings (SSSR count). The Bertz CT molecular complexity index is 1820. The number of carboxylic acids is 2. The molecule has 1 amide bonds. The third-order valence-corrected chi connectivity index (χ3v) is 7.01. The number of benzene rings is 4. The van der Waals surface area contributed by atoms with Crippen LogP contribution in [0.25, 0.3) is 44.3 Å². The molecule has 208 valence electrons. The highest BCUT2D eigenvalue weighted by Gasteiger charge is 2.24. The molecule has 0 aliphatic rings. The quantitative estimate of drug-likeness (QED) is 0.174. The van der Waals surface area contributed by atoms with Gasteiger partial charge in [-0.1, -0.05) is 69.3 Å². The van der Waals surface area contributed by atoms with Crippen LogP contribution in [0.3, 0.4) is 0 Å². The van der Waals surface area contributed by atoms with Gasteiger partial charge in [-0.15, -0.1) is 0 Å². The number of carbonyl (C=O) groups is 3. The van der Waals surface area contributed by atoms with E-state index < -0.39 is 30.3 Å². The van der Waals surface area contributed by atoms with Gasteiger partial charge in [-0.25, -0.2) is 9.78 Å². The Balaban J connectivity index is 1.48. The Morgan fingerprint density at radius 2 is 1.61 bits per heavy atom. The van der Waals surface area contributed by atoms with Crippen LogP contribution in [0.4, 0.5) is 0 Å². The monoisotopic (exact) mass is 551 g/mol. The largest absolute Gasteiger partial charge is 0.507 e. The zero-order valence-electron chi connectivity index (χ0n) is 22.7. The summed E-state index contributed by atoms with van der Waals surface area (Å²) in [5.74, 6) is -3.25. The molecule has 0 saturated carbocycles. The van der Waals surface area contributed by atoms with Crippen molar-refractivity contribution in [3.8, 4) is 28.3 Å². The zero-order chi connectivity index (χ0) is 29.5. The van der Waals surface area contributed by atoms with E-state index in [9.17, 15) is 24.6 Å². The van der Waals surface area contributed by atoms with Crippen LogP contribution >= 0.6 is 0 Å². The van der Waals surface area contributed by atoms with E-state index in [1.807, 2.05) is 24.3 Å². The Morgan fingerprint density at radius 1 is 0.902 bits per heavy atom. The highest BCUT2D eigenvalue weighted by molar-refractivity contribution is 6.11. The van der Waals surface area contributed by atoms with Crippen LogP contribution in [-0.4, -0.2) is 49.2 Å². The number of fused-ring (bicyclic) bond motifs is 3. The molecule has 41 heavy (non-hydrogen) atoms.